The molecular formula is C12H13NO2. The second kappa shape index (κ2) is 3.77. The molecule has 0 spiro atoms. The van der Waals surface area contributed by atoms with Crippen LogP contribution >= 0.6 is 0 Å². The third-order valence-electron chi connectivity index (χ3n) is 2.07. The van der Waals surface area contributed by atoms with Crippen LogP contribution in [0.4, 0.5) is 5.88 Å². The van der Waals surface area contributed by atoms with E-state index in [-0.39, 0.29) is 11.5 Å². The molecule has 1 heterocycles. The van der Waals surface area contributed by atoms with Crippen molar-refractivity contribution >= 4 is 16.9 Å². The highest BCUT2D eigenvalue weighted by Crippen LogP contribution is 2.15. The van der Waals surface area contributed by atoms with Crippen LogP contribution in [0.3, 0.4) is 0 Å². The first-order valence-electron chi connectivity index (χ1n) is 4.96. The summed E-state index contributed by atoms with van der Waals surface area (Å²) < 4.78 is 5.54. The number of fused-ring (bicyclic) bond motifs is 1. The first kappa shape index (κ1) is 9.77. The molecule has 0 saturated carbocycles. The number of anilines is 1. The van der Waals surface area contributed by atoms with Gasteiger partial charge in [-0.2, -0.15) is 0 Å². The fraction of sp³-hybridized carbons (Fsp3) is 0.250. The Morgan fingerprint density at radius 2 is 2.00 bits per heavy atom. The lowest BCUT2D eigenvalue weighted by Crippen LogP contribution is -2.12. The van der Waals surface area contributed by atoms with Crippen molar-refractivity contribution in [3.63, 3.8) is 0 Å². The largest absolute Gasteiger partial charge is 0.440 e. The molecule has 3 nitrogen and oxygen atoms in total. The van der Waals surface area contributed by atoms with Gasteiger partial charge in [0.15, 0.2) is 11.3 Å². The summed E-state index contributed by atoms with van der Waals surface area (Å²) in [5.41, 5.74) is 0.605. The maximum Gasteiger partial charge on any atom is 0.197 e. The zero-order chi connectivity index (χ0) is 10.8. The van der Waals surface area contributed by atoms with E-state index in [1.54, 1.807) is 12.1 Å². The fourth-order valence-corrected chi connectivity index (χ4v) is 1.46. The molecule has 78 valence electrons. The van der Waals surface area contributed by atoms with Crippen LogP contribution < -0.4 is 10.7 Å². The molecule has 0 unspecified atom stereocenters. The molecule has 0 aliphatic carbocycles. The van der Waals surface area contributed by atoms with Crippen molar-refractivity contribution in [1.29, 1.82) is 0 Å². The van der Waals surface area contributed by atoms with Gasteiger partial charge in [0, 0.05) is 12.1 Å². The molecule has 15 heavy (non-hydrogen) atoms. The lowest BCUT2D eigenvalue weighted by Gasteiger charge is -2.08. The quantitative estimate of drug-likeness (QED) is 0.815. The van der Waals surface area contributed by atoms with E-state index < -0.39 is 0 Å². The Kier molecular flexibility index (Phi) is 2.46. The van der Waals surface area contributed by atoms with Crippen LogP contribution in [0.1, 0.15) is 13.8 Å². The van der Waals surface area contributed by atoms with Crippen LogP contribution in [0.5, 0.6) is 0 Å². The second-order valence-electron chi connectivity index (χ2n) is 3.77. The van der Waals surface area contributed by atoms with Gasteiger partial charge >= 0.3 is 0 Å². The minimum absolute atomic E-state index is 0.0139. The van der Waals surface area contributed by atoms with E-state index in [4.69, 9.17) is 4.42 Å². The Morgan fingerprint density at radius 1 is 1.27 bits per heavy atom. The molecule has 0 atom stereocenters. The molecule has 0 saturated heterocycles. The lowest BCUT2D eigenvalue weighted by atomic mass is 10.2. The average Bonchev–Trinajstić information content (AvgIpc) is 2.16. The molecule has 1 aromatic heterocycles. The summed E-state index contributed by atoms with van der Waals surface area (Å²) in [5, 5.41) is 3.69. The number of rotatable bonds is 2. The fourth-order valence-electron chi connectivity index (χ4n) is 1.46. The van der Waals surface area contributed by atoms with Gasteiger partial charge < -0.3 is 9.73 Å². The van der Waals surface area contributed by atoms with E-state index in [2.05, 4.69) is 5.32 Å². The van der Waals surface area contributed by atoms with Crippen molar-refractivity contribution in [3.05, 3.63) is 40.6 Å². The summed E-state index contributed by atoms with van der Waals surface area (Å²) in [7, 11) is 0. The lowest BCUT2D eigenvalue weighted by molar-refractivity contribution is 0.606. The Bertz CT molecular complexity index is 528. The Balaban J connectivity index is 2.57. The summed E-state index contributed by atoms with van der Waals surface area (Å²) in [5.74, 6) is 0.522. The van der Waals surface area contributed by atoms with Crippen LogP contribution in [0.15, 0.2) is 39.5 Å². The molecule has 0 aliphatic rings. The average molecular weight is 203 g/mol. The van der Waals surface area contributed by atoms with Gasteiger partial charge in [-0.15, -0.1) is 0 Å². The molecule has 0 aliphatic heterocycles. The molecular weight excluding hydrogens is 190 g/mol. The number of hydrogen-bond acceptors (Lipinski definition) is 3. The predicted molar refractivity (Wildman–Crippen MR) is 61.2 cm³/mol. The van der Waals surface area contributed by atoms with E-state index in [0.717, 1.165) is 0 Å². The molecule has 0 fully saturated rings. The van der Waals surface area contributed by atoms with Gasteiger partial charge in [-0.25, -0.2) is 0 Å². The van der Waals surface area contributed by atoms with E-state index in [1.807, 2.05) is 26.0 Å². The van der Waals surface area contributed by atoms with Crippen LogP contribution in [-0.2, 0) is 0 Å². The molecule has 0 radical (unpaired) electrons. The van der Waals surface area contributed by atoms with E-state index in [1.165, 1.54) is 6.07 Å². The zero-order valence-electron chi connectivity index (χ0n) is 8.78. The molecule has 2 aromatic rings. The van der Waals surface area contributed by atoms with Crippen molar-refractivity contribution in [2.75, 3.05) is 5.32 Å². The number of para-hydroxylation sites is 1. The molecule has 0 amide bonds. The molecule has 1 N–H and O–H groups in total. The van der Waals surface area contributed by atoms with Gasteiger partial charge in [-0.05, 0) is 26.0 Å². The topological polar surface area (TPSA) is 42.2 Å². The van der Waals surface area contributed by atoms with Crippen molar-refractivity contribution in [2.24, 2.45) is 0 Å². The SMILES string of the molecule is CC(C)Nc1cc(=O)c2ccccc2o1. The summed E-state index contributed by atoms with van der Waals surface area (Å²) in [6, 6.07) is 8.97. The Morgan fingerprint density at radius 3 is 2.73 bits per heavy atom. The summed E-state index contributed by atoms with van der Waals surface area (Å²) >= 11 is 0. The van der Waals surface area contributed by atoms with E-state index >= 15 is 0 Å². The van der Waals surface area contributed by atoms with Crippen molar-refractivity contribution in [2.45, 2.75) is 19.9 Å². The van der Waals surface area contributed by atoms with Gasteiger partial charge in [-0.3, -0.25) is 4.79 Å². The van der Waals surface area contributed by atoms with Gasteiger partial charge in [0.05, 0.1) is 5.39 Å². The highest BCUT2D eigenvalue weighted by atomic mass is 16.3. The van der Waals surface area contributed by atoms with Crippen LogP contribution in [0.2, 0.25) is 0 Å². The number of nitrogens with one attached hydrogen (secondary N) is 1. The smallest absolute Gasteiger partial charge is 0.197 e. The van der Waals surface area contributed by atoms with Crippen molar-refractivity contribution in [1.82, 2.24) is 0 Å². The third-order valence-corrected chi connectivity index (χ3v) is 2.07. The minimum Gasteiger partial charge on any atom is -0.440 e. The van der Waals surface area contributed by atoms with E-state index in [0.29, 0.717) is 16.9 Å². The third kappa shape index (κ3) is 2.01. The van der Waals surface area contributed by atoms with Crippen molar-refractivity contribution < 1.29 is 4.42 Å². The maximum atomic E-state index is 11.7. The first-order chi connectivity index (χ1) is 7.16. The summed E-state index contributed by atoms with van der Waals surface area (Å²) in [4.78, 5) is 11.7. The second-order valence-corrected chi connectivity index (χ2v) is 3.77. The van der Waals surface area contributed by atoms with Crippen LogP contribution in [0, 0.1) is 0 Å². The Labute approximate surface area is 87.7 Å². The zero-order valence-corrected chi connectivity index (χ0v) is 8.78. The standard InChI is InChI=1S/C12H13NO2/c1-8(2)13-12-7-10(14)9-5-3-4-6-11(9)15-12/h3-8,13H,1-2H3. The predicted octanol–water partition coefficient (Wildman–Crippen LogP) is 2.61. The van der Waals surface area contributed by atoms with Gasteiger partial charge in [0.25, 0.3) is 0 Å². The molecule has 0 bridgehead atoms. The normalized spacial score (nSPS) is 10.9. The highest BCUT2D eigenvalue weighted by Gasteiger charge is 2.04. The molecule has 1 aromatic carbocycles. The first-order valence-corrected chi connectivity index (χ1v) is 4.96. The Hall–Kier alpha value is -1.77. The van der Waals surface area contributed by atoms with Crippen LogP contribution in [-0.4, -0.2) is 6.04 Å². The molecule has 3 heteroatoms. The van der Waals surface area contributed by atoms with Gasteiger partial charge in [0.1, 0.15) is 5.58 Å². The minimum atomic E-state index is -0.0139. The van der Waals surface area contributed by atoms with E-state index in [9.17, 15) is 4.79 Å². The summed E-state index contributed by atoms with van der Waals surface area (Å²) in [6.45, 7) is 3.99. The molecule has 2 rings (SSSR count). The monoisotopic (exact) mass is 203 g/mol. The summed E-state index contributed by atoms with van der Waals surface area (Å²) in [6.07, 6.45) is 0. The van der Waals surface area contributed by atoms with Crippen LogP contribution in [0.25, 0.3) is 11.0 Å². The van der Waals surface area contributed by atoms with Gasteiger partial charge in [0.2, 0.25) is 0 Å². The number of benzene rings is 1. The maximum absolute atomic E-state index is 11.7. The number of hydrogen-bond donors (Lipinski definition) is 1. The van der Waals surface area contributed by atoms with Crippen molar-refractivity contribution in [3.8, 4) is 0 Å². The highest BCUT2D eigenvalue weighted by molar-refractivity contribution is 5.77. The van der Waals surface area contributed by atoms with Gasteiger partial charge in [-0.1, -0.05) is 12.1 Å².